The largest absolute Gasteiger partial charge is 0.465 e. The zero-order valence-corrected chi connectivity index (χ0v) is 14.3. The zero-order chi connectivity index (χ0) is 19.6. The van der Waals surface area contributed by atoms with Crippen LogP contribution in [-0.4, -0.2) is 24.9 Å². The molecule has 0 atom stereocenters. The molecule has 0 aliphatic heterocycles. The van der Waals surface area contributed by atoms with E-state index in [1.54, 1.807) is 0 Å². The fourth-order valence-electron chi connectivity index (χ4n) is 2.59. The van der Waals surface area contributed by atoms with Crippen LogP contribution in [0.4, 0.5) is 20.2 Å². The summed E-state index contributed by atoms with van der Waals surface area (Å²) in [7, 11) is 1.26. The lowest BCUT2D eigenvalue weighted by Crippen LogP contribution is -2.36. The Hall–Kier alpha value is -3.29. The van der Waals surface area contributed by atoms with Gasteiger partial charge in [-0.25, -0.2) is 13.6 Å². The van der Waals surface area contributed by atoms with E-state index in [1.165, 1.54) is 37.4 Å². The van der Waals surface area contributed by atoms with Crippen LogP contribution in [0.5, 0.6) is 0 Å². The highest BCUT2D eigenvalue weighted by atomic mass is 19.1. The van der Waals surface area contributed by atoms with Crippen molar-refractivity contribution in [3.63, 3.8) is 0 Å². The molecule has 0 radical (unpaired) electrons. The van der Waals surface area contributed by atoms with Crippen molar-refractivity contribution in [1.29, 1.82) is 0 Å². The number of carbonyl (C=O) groups is 3. The van der Waals surface area contributed by atoms with Crippen molar-refractivity contribution >= 4 is 29.2 Å². The summed E-state index contributed by atoms with van der Waals surface area (Å²) in [4.78, 5) is 36.4. The monoisotopic (exact) mass is 374 g/mol. The van der Waals surface area contributed by atoms with Crippen LogP contribution in [0.15, 0.2) is 42.5 Å². The van der Waals surface area contributed by atoms with Crippen molar-refractivity contribution in [2.45, 2.75) is 12.8 Å². The summed E-state index contributed by atoms with van der Waals surface area (Å²) >= 11 is 0. The van der Waals surface area contributed by atoms with Crippen molar-refractivity contribution in [3.05, 3.63) is 59.7 Å². The molecule has 2 N–H and O–H groups in total. The fourth-order valence-corrected chi connectivity index (χ4v) is 2.59. The Kier molecular flexibility index (Phi) is 4.89. The van der Waals surface area contributed by atoms with Gasteiger partial charge in [0.1, 0.15) is 22.7 Å². The summed E-state index contributed by atoms with van der Waals surface area (Å²) < 4.78 is 32.0. The van der Waals surface area contributed by atoms with Gasteiger partial charge in [0.05, 0.1) is 12.7 Å². The maximum Gasteiger partial charge on any atom is 0.337 e. The SMILES string of the molecule is COC(=O)c1ccc(NC(=O)C2(C(=O)Nc3c(F)cccc3F)CC2)cc1. The van der Waals surface area contributed by atoms with E-state index >= 15 is 0 Å². The second kappa shape index (κ2) is 7.14. The quantitative estimate of drug-likeness (QED) is 0.622. The predicted octanol–water partition coefficient (Wildman–Crippen LogP) is 3.11. The maximum atomic E-state index is 13.7. The molecule has 0 bridgehead atoms. The number of benzene rings is 2. The molecule has 6 nitrogen and oxygen atoms in total. The number of esters is 1. The molecule has 0 saturated heterocycles. The molecular formula is C19H16F2N2O4. The average molecular weight is 374 g/mol. The number of para-hydroxylation sites is 1. The number of amides is 2. The van der Waals surface area contributed by atoms with Crippen LogP contribution in [0.3, 0.4) is 0 Å². The Balaban J connectivity index is 1.70. The number of rotatable bonds is 5. The lowest BCUT2D eigenvalue weighted by atomic mass is 10.0. The molecule has 1 fully saturated rings. The second-order valence-electron chi connectivity index (χ2n) is 6.16. The minimum absolute atomic E-state index is 0.265. The number of hydrogen-bond acceptors (Lipinski definition) is 4. The summed E-state index contributed by atoms with van der Waals surface area (Å²) in [5, 5.41) is 4.75. The Morgan fingerprint density at radius 1 is 0.926 bits per heavy atom. The first-order valence-electron chi connectivity index (χ1n) is 8.13. The number of ether oxygens (including phenoxy) is 1. The summed E-state index contributed by atoms with van der Waals surface area (Å²) in [6.07, 6.45) is 0.530. The second-order valence-corrected chi connectivity index (χ2v) is 6.16. The van der Waals surface area contributed by atoms with Gasteiger partial charge in [-0.05, 0) is 49.2 Å². The van der Waals surface area contributed by atoms with Gasteiger partial charge in [0.25, 0.3) is 0 Å². The molecule has 0 heterocycles. The van der Waals surface area contributed by atoms with Crippen molar-refractivity contribution in [2.75, 3.05) is 17.7 Å². The van der Waals surface area contributed by atoms with Crippen LogP contribution < -0.4 is 10.6 Å². The molecule has 2 aromatic rings. The zero-order valence-electron chi connectivity index (χ0n) is 14.3. The number of anilines is 2. The van der Waals surface area contributed by atoms with E-state index < -0.39 is 40.5 Å². The molecule has 27 heavy (non-hydrogen) atoms. The topological polar surface area (TPSA) is 84.5 Å². The van der Waals surface area contributed by atoms with E-state index in [1.807, 2.05) is 0 Å². The Morgan fingerprint density at radius 3 is 2.00 bits per heavy atom. The van der Waals surface area contributed by atoms with Crippen LogP contribution in [0, 0.1) is 17.0 Å². The molecular weight excluding hydrogens is 358 g/mol. The normalized spacial score (nSPS) is 14.2. The molecule has 0 unspecified atom stereocenters. The molecule has 8 heteroatoms. The molecule has 0 aromatic heterocycles. The van der Waals surface area contributed by atoms with Crippen LogP contribution in [-0.2, 0) is 14.3 Å². The van der Waals surface area contributed by atoms with Gasteiger partial charge >= 0.3 is 5.97 Å². The van der Waals surface area contributed by atoms with Crippen molar-refractivity contribution in [2.24, 2.45) is 5.41 Å². The van der Waals surface area contributed by atoms with Crippen LogP contribution >= 0.6 is 0 Å². The van der Waals surface area contributed by atoms with E-state index in [2.05, 4.69) is 15.4 Å². The van der Waals surface area contributed by atoms with E-state index in [4.69, 9.17) is 0 Å². The minimum atomic E-state index is -1.38. The van der Waals surface area contributed by atoms with E-state index in [0.29, 0.717) is 11.3 Å². The van der Waals surface area contributed by atoms with Crippen LogP contribution in [0.1, 0.15) is 23.2 Å². The van der Waals surface area contributed by atoms with E-state index in [0.717, 1.165) is 12.1 Å². The van der Waals surface area contributed by atoms with Gasteiger partial charge in [0, 0.05) is 5.69 Å². The van der Waals surface area contributed by atoms with Gasteiger partial charge in [-0.15, -0.1) is 0 Å². The molecule has 0 spiro atoms. The Labute approximate surface area is 153 Å². The van der Waals surface area contributed by atoms with Gasteiger partial charge in [-0.3, -0.25) is 9.59 Å². The summed E-state index contributed by atoms with van der Waals surface area (Å²) in [5.74, 6) is -3.70. The highest BCUT2D eigenvalue weighted by Crippen LogP contribution is 2.47. The van der Waals surface area contributed by atoms with Gasteiger partial charge in [-0.1, -0.05) is 6.07 Å². The van der Waals surface area contributed by atoms with E-state index in [-0.39, 0.29) is 12.8 Å². The molecule has 1 aliphatic carbocycles. The standard InChI is InChI=1S/C19H16F2N2O4/c1-27-16(24)11-5-7-12(8-6-11)22-17(25)19(9-10-19)18(26)23-15-13(20)3-2-4-14(15)21/h2-8H,9-10H2,1H3,(H,22,25)(H,23,26). The third kappa shape index (κ3) is 3.64. The van der Waals surface area contributed by atoms with Gasteiger partial charge < -0.3 is 15.4 Å². The molecule has 2 amide bonds. The number of halogens is 2. The number of methoxy groups -OCH3 is 1. The van der Waals surface area contributed by atoms with Crippen molar-refractivity contribution in [3.8, 4) is 0 Å². The predicted molar refractivity (Wildman–Crippen MR) is 93.1 cm³/mol. The molecule has 3 rings (SSSR count). The van der Waals surface area contributed by atoms with Crippen molar-refractivity contribution < 1.29 is 27.9 Å². The van der Waals surface area contributed by atoms with Gasteiger partial charge in [0.2, 0.25) is 11.8 Å². The summed E-state index contributed by atoms with van der Waals surface area (Å²) in [5.41, 5.74) is -1.27. The average Bonchev–Trinajstić information content (AvgIpc) is 3.47. The fraction of sp³-hybridized carbons (Fsp3) is 0.211. The highest BCUT2D eigenvalue weighted by Gasteiger charge is 2.56. The van der Waals surface area contributed by atoms with Gasteiger partial charge in [0.15, 0.2) is 0 Å². The van der Waals surface area contributed by atoms with Crippen LogP contribution in [0.25, 0.3) is 0 Å². The molecule has 1 aliphatic rings. The number of carbonyl (C=O) groups excluding carboxylic acids is 3. The summed E-state index contributed by atoms with van der Waals surface area (Å²) in [6.45, 7) is 0. The van der Waals surface area contributed by atoms with Gasteiger partial charge in [-0.2, -0.15) is 0 Å². The number of nitrogens with one attached hydrogen (secondary N) is 2. The first kappa shape index (κ1) is 18.5. The molecule has 2 aromatic carbocycles. The minimum Gasteiger partial charge on any atom is -0.465 e. The molecule has 1 saturated carbocycles. The number of hydrogen-bond donors (Lipinski definition) is 2. The lowest BCUT2D eigenvalue weighted by molar-refractivity contribution is -0.131. The maximum absolute atomic E-state index is 13.7. The first-order chi connectivity index (χ1) is 12.9. The van der Waals surface area contributed by atoms with Crippen molar-refractivity contribution in [1.82, 2.24) is 0 Å². The highest BCUT2D eigenvalue weighted by molar-refractivity contribution is 6.17. The Morgan fingerprint density at radius 2 is 1.48 bits per heavy atom. The smallest absolute Gasteiger partial charge is 0.337 e. The third-order valence-corrected chi connectivity index (χ3v) is 4.38. The Bertz CT molecular complexity index is 888. The first-order valence-corrected chi connectivity index (χ1v) is 8.13. The molecule has 140 valence electrons. The third-order valence-electron chi connectivity index (χ3n) is 4.38. The van der Waals surface area contributed by atoms with Crippen LogP contribution in [0.2, 0.25) is 0 Å². The lowest BCUT2D eigenvalue weighted by Gasteiger charge is -2.16. The van der Waals surface area contributed by atoms with E-state index in [9.17, 15) is 23.2 Å². The summed E-state index contributed by atoms with van der Waals surface area (Å²) in [6, 6.07) is 9.13.